The molecule has 0 bridgehead atoms. The molecule has 0 amide bonds. The zero-order valence-electron chi connectivity index (χ0n) is 7.92. The van der Waals surface area contributed by atoms with Crippen LogP contribution in [0.25, 0.3) is 11.1 Å². The molecule has 0 saturated carbocycles. The average Bonchev–Trinajstić information content (AvgIpc) is 2.52. The van der Waals surface area contributed by atoms with Crippen molar-refractivity contribution in [1.82, 2.24) is 5.16 Å². The van der Waals surface area contributed by atoms with Gasteiger partial charge in [0.05, 0.1) is 21.3 Å². The summed E-state index contributed by atoms with van der Waals surface area (Å²) in [6, 6.07) is 5.27. The van der Waals surface area contributed by atoms with E-state index in [1.165, 1.54) is 0 Å². The van der Waals surface area contributed by atoms with Crippen LogP contribution in [0, 0.1) is 6.92 Å². The number of nitrogen functional groups attached to an aromatic ring is 1. The van der Waals surface area contributed by atoms with E-state index in [-0.39, 0.29) is 5.88 Å². The highest BCUT2D eigenvalue weighted by Crippen LogP contribution is 2.33. The summed E-state index contributed by atoms with van der Waals surface area (Å²) in [6.07, 6.45) is 0. The van der Waals surface area contributed by atoms with Gasteiger partial charge in [0.15, 0.2) is 0 Å². The first kappa shape index (κ1) is 10.3. The lowest BCUT2D eigenvalue weighted by Gasteiger charge is -2.01. The molecule has 1 heterocycles. The van der Waals surface area contributed by atoms with Gasteiger partial charge in [-0.25, -0.2) is 0 Å². The highest BCUT2D eigenvalue weighted by molar-refractivity contribution is 6.42. The minimum atomic E-state index is 0.283. The highest BCUT2D eigenvalue weighted by atomic mass is 35.5. The molecule has 3 nitrogen and oxygen atoms in total. The second-order valence-corrected chi connectivity index (χ2v) is 3.95. The third kappa shape index (κ3) is 1.80. The summed E-state index contributed by atoms with van der Waals surface area (Å²) in [5, 5.41) is 4.76. The average molecular weight is 243 g/mol. The van der Waals surface area contributed by atoms with Crippen LogP contribution in [0.15, 0.2) is 22.7 Å². The highest BCUT2D eigenvalue weighted by Gasteiger charge is 2.13. The van der Waals surface area contributed by atoms with E-state index in [1.807, 2.05) is 13.0 Å². The second kappa shape index (κ2) is 3.76. The van der Waals surface area contributed by atoms with E-state index in [0.29, 0.717) is 10.0 Å². The molecule has 5 heteroatoms. The van der Waals surface area contributed by atoms with Gasteiger partial charge in [-0.1, -0.05) is 34.4 Å². The fourth-order valence-electron chi connectivity index (χ4n) is 1.39. The number of anilines is 1. The molecule has 78 valence electrons. The van der Waals surface area contributed by atoms with Crippen molar-refractivity contribution >= 4 is 29.1 Å². The van der Waals surface area contributed by atoms with Crippen LogP contribution in [0.3, 0.4) is 0 Å². The molecule has 0 saturated heterocycles. The molecule has 0 spiro atoms. The number of halogens is 2. The van der Waals surface area contributed by atoms with Crippen molar-refractivity contribution in [3.63, 3.8) is 0 Å². The number of aromatic nitrogens is 1. The van der Waals surface area contributed by atoms with Gasteiger partial charge in [0.2, 0.25) is 5.88 Å². The first-order valence-electron chi connectivity index (χ1n) is 4.26. The largest absolute Gasteiger partial charge is 0.367 e. The van der Waals surface area contributed by atoms with E-state index in [2.05, 4.69) is 5.16 Å². The summed E-state index contributed by atoms with van der Waals surface area (Å²) in [6.45, 7) is 1.82. The molecule has 0 unspecified atom stereocenters. The van der Waals surface area contributed by atoms with Gasteiger partial charge in [0.1, 0.15) is 0 Å². The maximum absolute atomic E-state index is 5.91. The van der Waals surface area contributed by atoms with Gasteiger partial charge >= 0.3 is 0 Å². The fourth-order valence-corrected chi connectivity index (χ4v) is 1.69. The Hall–Kier alpha value is -1.19. The maximum atomic E-state index is 5.91. The van der Waals surface area contributed by atoms with Crippen LogP contribution in [0.4, 0.5) is 5.88 Å². The van der Waals surface area contributed by atoms with Gasteiger partial charge in [0, 0.05) is 0 Å². The third-order valence-corrected chi connectivity index (χ3v) is 2.84. The summed E-state index contributed by atoms with van der Waals surface area (Å²) in [7, 11) is 0. The third-order valence-electron chi connectivity index (χ3n) is 2.10. The van der Waals surface area contributed by atoms with Gasteiger partial charge in [0.25, 0.3) is 0 Å². The molecule has 0 aliphatic carbocycles. The molecule has 1 aromatic heterocycles. The minimum Gasteiger partial charge on any atom is -0.367 e. The van der Waals surface area contributed by atoms with Gasteiger partial charge in [-0.2, -0.15) is 0 Å². The lowest BCUT2D eigenvalue weighted by molar-refractivity contribution is 0.431. The number of hydrogen-bond acceptors (Lipinski definition) is 3. The van der Waals surface area contributed by atoms with Crippen molar-refractivity contribution in [2.45, 2.75) is 6.92 Å². The Bertz CT molecular complexity index is 489. The van der Waals surface area contributed by atoms with Gasteiger partial charge in [-0.15, -0.1) is 0 Å². The van der Waals surface area contributed by atoms with E-state index < -0.39 is 0 Å². The zero-order chi connectivity index (χ0) is 11.0. The van der Waals surface area contributed by atoms with E-state index in [9.17, 15) is 0 Å². The topological polar surface area (TPSA) is 52.0 Å². The summed E-state index contributed by atoms with van der Waals surface area (Å²) >= 11 is 11.7. The van der Waals surface area contributed by atoms with Crippen LogP contribution >= 0.6 is 23.2 Å². The Kier molecular flexibility index (Phi) is 2.59. The van der Waals surface area contributed by atoms with Gasteiger partial charge in [-0.3, -0.25) is 0 Å². The summed E-state index contributed by atoms with van der Waals surface area (Å²) in [5.41, 5.74) is 7.99. The van der Waals surface area contributed by atoms with Crippen LogP contribution < -0.4 is 5.73 Å². The Labute approximate surface area is 96.8 Å². The lowest BCUT2D eigenvalue weighted by atomic mass is 10.1. The molecule has 0 aliphatic rings. The molecular formula is C10H8Cl2N2O. The molecule has 15 heavy (non-hydrogen) atoms. The SMILES string of the molecule is Cc1noc(N)c1-c1ccc(Cl)c(Cl)c1. The molecule has 0 aliphatic heterocycles. The van der Waals surface area contributed by atoms with E-state index in [4.69, 9.17) is 33.5 Å². The number of benzene rings is 1. The van der Waals surface area contributed by atoms with E-state index in [1.54, 1.807) is 12.1 Å². The Balaban J connectivity index is 2.59. The van der Waals surface area contributed by atoms with Crippen LogP contribution in [-0.4, -0.2) is 5.16 Å². The molecule has 0 radical (unpaired) electrons. The summed E-state index contributed by atoms with van der Waals surface area (Å²) in [4.78, 5) is 0. The Morgan fingerprint density at radius 1 is 1.27 bits per heavy atom. The number of nitrogens with zero attached hydrogens (tertiary/aromatic N) is 1. The van der Waals surface area contributed by atoms with Crippen molar-refractivity contribution in [3.05, 3.63) is 33.9 Å². The minimum absolute atomic E-state index is 0.283. The zero-order valence-corrected chi connectivity index (χ0v) is 9.43. The van der Waals surface area contributed by atoms with E-state index >= 15 is 0 Å². The molecular weight excluding hydrogens is 235 g/mol. The van der Waals surface area contributed by atoms with Crippen molar-refractivity contribution < 1.29 is 4.52 Å². The number of hydrogen-bond donors (Lipinski definition) is 1. The van der Waals surface area contributed by atoms with Gasteiger partial charge < -0.3 is 10.3 Å². The van der Waals surface area contributed by atoms with E-state index in [0.717, 1.165) is 16.8 Å². The number of rotatable bonds is 1. The normalized spacial score (nSPS) is 10.6. The molecule has 0 fully saturated rings. The maximum Gasteiger partial charge on any atom is 0.230 e. The van der Waals surface area contributed by atoms with Crippen molar-refractivity contribution in [1.29, 1.82) is 0 Å². The second-order valence-electron chi connectivity index (χ2n) is 3.14. The standard InChI is InChI=1S/C10H8Cl2N2O/c1-5-9(10(13)15-14-5)6-2-3-7(11)8(12)4-6/h2-4H,13H2,1H3. The molecule has 1 aromatic carbocycles. The summed E-state index contributed by atoms with van der Waals surface area (Å²) < 4.78 is 4.87. The Morgan fingerprint density at radius 2 is 2.00 bits per heavy atom. The van der Waals surface area contributed by atoms with Crippen LogP contribution in [-0.2, 0) is 0 Å². The van der Waals surface area contributed by atoms with Crippen LogP contribution in [0.2, 0.25) is 10.0 Å². The quantitative estimate of drug-likeness (QED) is 0.833. The number of nitrogens with two attached hydrogens (primary N) is 1. The molecule has 0 atom stereocenters. The van der Waals surface area contributed by atoms with Crippen LogP contribution in [0.1, 0.15) is 5.69 Å². The first-order valence-corrected chi connectivity index (χ1v) is 5.02. The monoisotopic (exact) mass is 242 g/mol. The lowest BCUT2D eigenvalue weighted by Crippen LogP contribution is -1.86. The molecule has 2 rings (SSSR count). The summed E-state index contributed by atoms with van der Waals surface area (Å²) in [5.74, 6) is 0.283. The molecule has 2 aromatic rings. The predicted molar refractivity (Wildman–Crippen MR) is 61.1 cm³/mol. The predicted octanol–water partition coefficient (Wildman–Crippen LogP) is 3.54. The van der Waals surface area contributed by atoms with Crippen LogP contribution in [0.5, 0.6) is 0 Å². The smallest absolute Gasteiger partial charge is 0.230 e. The Morgan fingerprint density at radius 3 is 2.53 bits per heavy atom. The van der Waals surface area contributed by atoms with Crippen molar-refractivity contribution in [2.75, 3.05) is 5.73 Å². The van der Waals surface area contributed by atoms with Gasteiger partial charge in [-0.05, 0) is 24.6 Å². The fraction of sp³-hybridized carbons (Fsp3) is 0.100. The van der Waals surface area contributed by atoms with Crippen molar-refractivity contribution in [2.24, 2.45) is 0 Å². The van der Waals surface area contributed by atoms with Crippen molar-refractivity contribution in [3.8, 4) is 11.1 Å². The first-order chi connectivity index (χ1) is 7.09. The molecule has 2 N–H and O–H groups in total. The number of aryl methyl sites for hydroxylation is 1.